The number of anilines is 1. The van der Waals surface area contributed by atoms with E-state index in [0.29, 0.717) is 22.4 Å². The zero-order valence-electron chi connectivity index (χ0n) is 10.8. The normalized spacial score (nSPS) is 13.0. The van der Waals surface area contributed by atoms with Gasteiger partial charge in [-0.2, -0.15) is 0 Å². The molecule has 1 heterocycles. The number of benzene rings is 2. The molecular formula is C15H11FN2O3. The third kappa shape index (κ3) is 2.55. The first-order chi connectivity index (χ1) is 10.0. The SMILES string of the molecule is O=C1NC(=O)c2cc(NCc3cc(O)cc(F)c3)ccc21. The number of phenols is 1. The summed E-state index contributed by atoms with van der Waals surface area (Å²) in [5.74, 6) is -1.50. The van der Waals surface area contributed by atoms with Gasteiger partial charge in [-0.3, -0.25) is 14.9 Å². The number of phenolic OH excluding ortho intramolecular Hbond substituents is 1. The van der Waals surface area contributed by atoms with Crippen molar-refractivity contribution in [2.24, 2.45) is 0 Å². The first kappa shape index (κ1) is 13.1. The van der Waals surface area contributed by atoms with Gasteiger partial charge in [0.2, 0.25) is 0 Å². The molecule has 2 aromatic carbocycles. The molecule has 0 aliphatic carbocycles. The van der Waals surface area contributed by atoms with E-state index in [0.717, 1.165) is 6.07 Å². The Morgan fingerprint density at radius 3 is 2.57 bits per heavy atom. The van der Waals surface area contributed by atoms with Crippen LogP contribution in [0.4, 0.5) is 10.1 Å². The van der Waals surface area contributed by atoms with Crippen LogP contribution in [-0.4, -0.2) is 16.9 Å². The second kappa shape index (κ2) is 4.90. The molecule has 0 unspecified atom stereocenters. The van der Waals surface area contributed by atoms with Crippen molar-refractivity contribution in [2.75, 3.05) is 5.32 Å². The van der Waals surface area contributed by atoms with Crippen molar-refractivity contribution in [3.8, 4) is 5.75 Å². The molecule has 5 nitrogen and oxygen atoms in total. The Hall–Kier alpha value is -2.89. The lowest BCUT2D eigenvalue weighted by Gasteiger charge is -2.08. The second-order valence-electron chi connectivity index (χ2n) is 4.71. The molecule has 1 aliphatic heterocycles. The van der Waals surface area contributed by atoms with Gasteiger partial charge in [0.15, 0.2) is 0 Å². The maximum absolute atomic E-state index is 13.1. The van der Waals surface area contributed by atoms with Crippen LogP contribution < -0.4 is 10.6 Å². The number of carbonyl (C=O) groups excluding carboxylic acids is 2. The summed E-state index contributed by atoms with van der Waals surface area (Å²) in [6.07, 6.45) is 0. The molecule has 3 N–H and O–H groups in total. The molecule has 0 saturated carbocycles. The monoisotopic (exact) mass is 286 g/mol. The van der Waals surface area contributed by atoms with E-state index in [4.69, 9.17) is 0 Å². The topological polar surface area (TPSA) is 78.4 Å². The molecule has 0 atom stereocenters. The summed E-state index contributed by atoms with van der Waals surface area (Å²) < 4.78 is 13.1. The highest BCUT2D eigenvalue weighted by Gasteiger charge is 2.26. The quantitative estimate of drug-likeness (QED) is 0.754. The fourth-order valence-corrected chi connectivity index (χ4v) is 2.22. The number of hydrogen-bond donors (Lipinski definition) is 3. The molecule has 0 aromatic heterocycles. The van der Waals surface area contributed by atoms with Gasteiger partial charge in [0.1, 0.15) is 11.6 Å². The number of nitrogens with one attached hydrogen (secondary N) is 2. The van der Waals surface area contributed by atoms with Gasteiger partial charge in [-0.05, 0) is 35.9 Å². The summed E-state index contributed by atoms with van der Waals surface area (Å²) in [5, 5.41) is 14.5. The van der Waals surface area contributed by atoms with Crippen LogP contribution in [0, 0.1) is 5.82 Å². The molecule has 0 radical (unpaired) electrons. The van der Waals surface area contributed by atoms with Crippen LogP contribution in [0.5, 0.6) is 5.75 Å². The predicted molar refractivity (Wildman–Crippen MR) is 73.6 cm³/mol. The Morgan fingerprint density at radius 2 is 1.81 bits per heavy atom. The van der Waals surface area contributed by atoms with Gasteiger partial charge >= 0.3 is 0 Å². The van der Waals surface area contributed by atoms with E-state index in [1.54, 1.807) is 18.2 Å². The van der Waals surface area contributed by atoms with E-state index >= 15 is 0 Å². The van der Waals surface area contributed by atoms with Gasteiger partial charge in [-0.1, -0.05) is 0 Å². The first-order valence-corrected chi connectivity index (χ1v) is 6.25. The highest BCUT2D eigenvalue weighted by molar-refractivity contribution is 6.21. The van der Waals surface area contributed by atoms with Gasteiger partial charge < -0.3 is 10.4 Å². The Balaban J connectivity index is 1.79. The number of carbonyl (C=O) groups is 2. The van der Waals surface area contributed by atoms with E-state index in [9.17, 15) is 19.1 Å². The van der Waals surface area contributed by atoms with Crippen molar-refractivity contribution in [3.05, 3.63) is 58.9 Å². The van der Waals surface area contributed by atoms with Crippen molar-refractivity contribution in [1.29, 1.82) is 0 Å². The highest BCUT2D eigenvalue weighted by atomic mass is 19.1. The lowest BCUT2D eigenvalue weighted by Crippen LogP contribution is -2.19. The molecule has 106 valence electrons. The van der Waals surface area contributed by atoms with Gasteiger partial charge in [0.05, 0.1) is 11.1 Å². The van der Waals surface area contributed by atoms with Crippen molar-refractivity contribution in [1.82, 2.24) is 5.32 Å². The fraction of sp³-hybridized carbons (Fsp3) is 0.0667. The predicted octanol–water partition coefficient (Wildman–Crippen LogP) is 2.03. The maximum Gasteiger partial charge on any atom is 0.259 e. The van der Waals surface area contributed by atoms with Crippen LogP contribution in [0.2, 0.25) is 0 Å². The van der Waals surface area contributed by atoms with Gasteiger partial charge in [0.25, 0.3) is 11.8 Å². The summed E-state index contributed by atoms with van der Waals surface area (Å²) in [6, 6.07) is 8.55. The van der Waals surface area contributed by atoms with Gasteiger partial charge in [0, 0.05) is 18.3 Å². The third-order valence-electron chi connectivity index (χ3n) is 3.17. The summed E-state index contributed by atoms with van der Waals surface area (Å²) in [6.45, 7) is 0.277. The van der Waals surface area contributed by atoms with Crippen molar-refractivity contribution in [3.63, 3.8) is 0 Å². The molecule has 0 fully saturated rings. The summed E-state index contributed by atoms with van der Waals surface area (Å²) in [4.78, 5) is 23.0. The zero-order chi connectivity index (χ0) is 15.0. The number of halogens is 1. The number of aromatic hydroxyl groups is 1. The highest BCUT2D eigenvalue weighted by Crippen LogP contribution is 2.21. The van der Waals surface area contributed by atoms with Crippen molar-refractivity contribution < 1.29 is 19.1 Å². The molecule has 0 saturated heterocycles. The largest absolute Gasteiger partial charge is 0.508 e. The van der Waals surface area contributed by atoms with Gasteiger partial charge in [-0.25, -0.2) is 4.39 Å². The second-order valence-corrected chi connectivity index (χ2v) is 4.71. The average molecular weight is 286 g/mol. The molecule has 3 rings (SSSR count). The first-order valence-electron chi connectivity index (χ1n) is 6.25. The minimum atomic E-state index is -0.522. The molecule has 1 aliphatic rings. The minimum absolute atomic E-state index is 0.147. The van der Waals surface area contributed by atoms with Crippen LogP contribution in [0.25, 0.3) is 0 Å². The number of rotatable bonds is 3. The van der Waals surface area contributed by atoms with Crippen LogP contribution >= 0.6 is 0 Å². The molecule has 21 heavy (non-hydrogen) atoms. The summed E-state index contributed by atoms with van der Waals surface area (Å²) in [7, 11) is 0. The fourth-order valence-electron chi connectivity index (χ4n) is 2.22. The summed E-state index contributed by atoms with van der Waals surface area (Å²) >= 11 is 0. The summed E-state index contributed by atoms with van der Waals surface area (Å²) in [5.41, 5.74) is 1.84. The molecule has 2 amide bonds. The van der Waals surface area contributed by atoms with Crippen LogP contribution in [0.3, 0.4) is 0 Å². The molecule has 0 bridgehead atoms. The molecule has 6 heteroatoms. The Kier molecular flexibility index (Phi) is 3.06. The Labute approximate surface area is 119 Å². The lowest BCUT2D eigenvalue weighted by molar-refractivity contribution is 0.0879. The van der Waals surface area contributed by atoms with Gasteiger partial charge in [-0.15, -0.1) is 0 Å². The van der Waals surface area contributed by atoms with Crippen LogP contribution in [0.1, 0.15) is 26.3 Å². The smallest absolute Gasteiger partial charge is 0.259 e. The molecular weight excluding hydrogens is 275 g/mol. The number of hydrogen-bond acceptors (Lipinski definition) is 4. The van der Waals surface area contributed by atoms with E-state index in [-0.39, 0.29) is 12.3 Å². The van der Waals surface area contributed by atoms with Crippen molar-refractivity contribution in [2.45, 2.75) is 6.54 Å². The lowest BCUT2D eigenvalue weighted by atomic mass is 10.1. The minimum Gasteiger partial charge on any atom is -0.508 e. The van der Waals surface area contributed by atoms with E-state index in [1.165, 1.54) is 12.1 Å². The van der Waals surface area contributed by atoms with Crippen molar-refractivity contribution >= 4 is 17.5 Å². The maximum atomic E-state index is 13.1. The Bertz CT molecular complexity index is 738. The van der Waals surface area contributed by atoms with E-state index in [1.807, 2.05) is 0 Å². The standard InChI is InChI=1S/C15H11FN2O3/c16-9-3-8(4-11(19)5-9)7-17-10-1-2-12-13(6-10)15(21)18-14(12)20/h1-6,17,19H,7H2,(H,18,20,21). The third-order valence-corrected chi connectivity index (χ3v) is 3.17. The number of fused-ring (bicyclic) bond motifs is 1. The van der Waals surface area contributed by atoms with E-state index < -0.39 is 17.6 Å². The Morgan fingerprint density at radius 1 is 1.05 bits per heavy atom. The number of amides is 2. The average Bonchev–Trinajstić information content (AvgIpc) is 2.70. The zero-order valence-corrected chi connectivity index (χ0v) is 10.8. The van der Waals surface area contributed by atoms with Crippen LogP contribution in [-0.2, 0) is 6.54 Å². The molecule has 2 aromatic rings. The van der Waals surface area contributed by atoms with Crippen LogP contribution in [0.15, 0.2) is 36.4 Å². The molecule has 0 spiro atoms. The van der Waals surface area contributed by atoms with E-state index in [2.05, 4.69) is 10.6 Å². The number of imide groups is 1.